The molecular weight excluding hydrogens is 358 g/mol. The quantitative estimate of drug-likeness (QED) is 0.685. The van der Waals surface area contributed by atoms with Crippen LogP contribution in [-0.4, -0.2) is 52.0 Å². The zero-order chi connectivity index (χ0) is 18.1. The molecular formula is C19H18N7S. The van der Waals surface area contributed by atoms with Crippen LogP contribution in [0.15, 0.2) is 60.1 Å². The number of nitrogens with zero attached hydrogens (tertiary/aromatic N) is 7. The fraction of sp³-hybridized carbons (Fsp3) is 0.211. The summed E-state index contributed by atoms with van der Waals surface area (Å²) < 4.78 is 1.18. The minimum atomic E-state index is 0.873. The molecule has 0 N–H and O–H groups in total. The van der Waals surface area contributed by atoms with Gasteiger partial charge in [0, 0.05) is 44.8 Å². The number of anilines is 2. The van der Waals surface area contributed by atoms with Gasteiger partial charge in [-0.2, -0.15) is 0 Å². The van der Waals surface area contributed by atoms with Gasteiger partial charge in [-0.3, -0.25) is 9.88 Å². The number of thiazole rings is 1. The number of hydrogen-bond donors (Lipinski definition) is 0. The summed E-state index contributed by atoms with van der Waals surface area (Å²) in [6.45, 7) is 5.55. The molecule has 0 unspecified atom stereocenters. The lowest BCUT2D eigenvalue weighted by molar-refractivity contribution is 0.379. The van der Waals surface area contributed by atoms with Crippen LogP contribution in [-0.2, 0) is 0 Å². The summed E-state index contributed by atoms with van der Waals surface area (Å²) in [5.74, 6) is 1.85. The number of aromatic nitrogens is 3. The van der Waals surface area contributed by atoms with Gasteiger partial charge < -0.3 is 9.80 Å². The van der Waals surface area contributed by atoms with E-state index in [-0.39, 0.29) is 0 Å². The van der Waals surface area contributed by atoms with Gasteiger partial charge in [0.15, 0.2) is 5.13 Å². The van der Waals surface area contributed by atoms with E-state index in [0.717, 1.165) is 48.6 Å². The SMILES string of the molecule is [CH]1C=CN=C(N2CCN(c3cnccn3)CC2)N1c1nc2ccccc2s1. The van der Waals surface area contributed by atoms with Crippen molar-refractivity contribution < 1.29 is 0 Å². The first-order valence-electron chi connectivity index (χ1n) is 8.87. The van der Waals surface area contributed by atoms with Crippen molar-refractivity contribution in [1.29, 1.82) is 0 Å². The Bertz CT molecular complexity index is 956. The van der Waals surface area contributed by atoms with Gasteiger partial charge in [-0.05, 0) is 18.2 Å². The lowest BCUT2D eigenvalue weighted by atomic mass is 10.3. The fourth-order valence-corrected chi connectivity index (χ4v) is 4.25. The molecule has 0 saturated carbocycles. The molecule has 1 aromatic carbocycles. The molecule has 4 heterocycles. The molecule has 2 aromatic heterocycles. The van der Waals surface area contributed by atoms with Crippen LogP contribution in [0.3, 0.4) is 0 Å². The number of benzene rings is 1. The summed E-state index contributed by atoms with van der Waals surface area (Å²) >= 11 is 1.68. The Morgan fingerprint density at radius 1 is 0.963 bits per heavy atom. The number of fused-ring (bicyclic) bond motifs is 1. The minimum absolute atomic E-state index is 0.873. The molecule has 0 amide bonds. The maximum absolute atomic E-state index is 4.79. The van der Waals surface area contributed by atoms with E-state index in [0.29, 0.717) is 0 Å². The van der Waals surface area contributed by atoms with Crippen LogP contribution in [0, 0.1) is 6.54 Å². The highest BCUT2D eigenvalue weighted by molar-refractivity contribution is 7.22. The first kappa shape index (κ1) is 16.2. The van der Waals surface area contributed by atoms with E-state index in [1.807, 2.05) is 43.2 Å². The maximum atomic E-state index is 4.79. The lowest BCUT2D eigenvalue weighted by Gasteiger charge is -2.39. The molecule has 0 spiro atoms. The zero-order valence-corrected chi connectivity index (χ0v) is 15.5. The molecule has 27 heavy (non-hydrogen) atoms. The van der Waals surface area contributed by atoms with Crippen LogP contribution in [0.1, 0.15) is 0 Å². The minimum Gasteiger partial charge on any atom is -0.352 e. The van der Waals surface area contributed by atoms with Gasteiger partial charge >= 0.3 is 0 Å². The molecule has 2 aliphatic heterocycles. The van der Waals surface area contributed by atoms with Crippen LogP contribution >= 0.6 is 11.3 Å². The van der Waals surface area contributed by atoms with E-state index >= 15 is 0 Å². The first-order valence-corrected chi connectivity index (χ1v) is 9.69. The van der Waals surface area contributed by atoms with E-state index in [1.54, 1.807) is 23.7 Å². The molecule has 0 aliphatic carbocycles. The van der Waals surface area contributed by atoms with Crippen LogP contribution in [0.5, 0.6) is 0 Å². The number of hydrogen-bond acceptors (Lipinski definition) is 8. The molecule has 8 heteroatoms. The summed E-state index contributed by atoms with van der Waals surface area (Å²) in [6.07, 6.45) is 9.05. The predicted molar refractivity (Wildman–Crippen MR) is 109 cm³/mol. The monoisotopic (exact) mass is 376 g/mol. The molecule has 1 fully saturated rings. The number of aliphatic imine (C=N–C) groups is 1. The summed E-state index contributed by atoms with van der Waals surface area (Å²) in [6, 6.07) is 8.22. The van der Waals surface area contributed by atoms with E-state index in [9.17, 15) is 0 Å². The van der Waals surface area contributed by atoms with Crippen molar-refractivity contribution in [1.82, 2.24) is 19.9 Å². The van der Waals surface area contributed by atoms with Gasteiger partial charge in [0.05, 0.1) is 23.0 Å². The Labute approximate surface area is 161 Å². The molecule has 0 atom stereocenters. The Kier molecular flexibility index (Phi) is 4.17. The third-order valence-electron chi connectivity index (χ3n) is 4.65. The molecule has 2 aliphatic rings. The van der Waals surface area contributed by atoms with Crippen molar-refractivity contribution in [2.45, 2.75) is 0 Å². The normalized spacial score (nSPS) is 17.5. The number of rotatable bonds is 2. The van der Waals surface area contributed by atoms with Crippen molar-refractivity contribution >= 4 is 38.5 Å². The van der Waals surface area contributed by atoms with E-state index in [4.69, 9.17) is 4.98 Å². The van der Waals surface area contributed by atoms with Gasteiger partial charge in [0.2, 0.25) is 5.96 Å². The molecule has 3 aromatic rings. The standard InChI is InChI=1S/C19H18N7S/c1-2-5-16-15(4-1)23-19(27-16)26-9-3-6-22-18(26)25-12-10-24(11-13-25)17-14-20-7-8-21-17/h1-9,14H,10-13H2. The topological polar surface area (TPSA) is 60.8 Å². The highest BCUT2D eigenvalue weighted by Crippen LogP contribution is 2.31. The molecule has 7 nitrogen and oxygen atoms in total. The molecule has 1 saturated heterocycles. The van der Waals surface area contributed by atoms with Gasteiger partial charge in [-0.25, -0.2) is 15.0 Å². The Balaban J connectivity index is 1.35. The average Bonchev–Trinajstić information content (AvgIpc) is 3.19. The maximum Gasteiger partial charge on any atom is 0.208 e. The molecule has 1 radical (unpaired) electrons. The summed E-state index contributed by atoms with van der Waals surface area (Å²) in [4.78, 5) is 24.7. The number of para-hydroxylation sites is 1. The van der Waals surface area contributed by atoms with Crippen molar-refractivity contribution in [2.24, 2.45) is 4.99 Å². The molecule has 5 rings (SSSR count). The molecule has 0 bridgehead atoms. The highest BCUT2D eigenvalue weighted by atomic mass is 32.1. The third kappa shape index (κ3) is 3.12. The number of piperazine rings is 1. The van der Waals surface area contributed by atoms with Crippen LogP contribution < -0.4 is 9.80 Å². The Morgan fingerprint density at radius 2 is 1.81 bits per heavy atom. The van der Waals surface area contributed by atoms with Gasteiger partial charge in [0.25, 0.3) is 0 Å². The molecule has 135 valence electrons. The van der Waals surface area contributed by atoms with Crippen molar-refractivity contribution in [2.75, 3.05) is 36.0 Å². The van der Waals surface area contributed by atoms with Crippen LogP contribution in [0.25, 0.3) is 10.2 Å². The second-order valence-electron chi connectivity index (χ2n) is 6.29. The Hall–Kier alpha value is -3.00. The van der Waals surface area contributed by atoms with Gasteiger partial charge in [0.1, 0.15) is 5.82 Å². The first-order chi connectivity index (χ1) is 13.4. The largest absolute Gasteiger partial charge is 0.352 e. The number of guanidine groups is 1. The van der Waals surface area contributed by atoms with E-state index in [2.05, 4.69) is 35.7 Å². The fourth-order valence-electron chi connectivity index (χ4n) is 3.30. The summed E-state index contributed by atoms with van der Waals surface area (Å²) in [7, 11) is 0. The van der Waals surface area contributed by atoms with E-state index < -0.39 is 0 Å². The van der Waals surface area contributed by atoms with Gasteiger partial charge in [-0.1, -0.05) is 23.5 Å². The van der Waals surface area contributed by atoms with Gasteiger partial charge in [-0.15, -0.1) is 0 Å². The Morgan fingerprint density at radius 3 is 2.63 bits per heavy atom. The predicted octanol–water partition coefficient (Wildman–Crippen LogP) is 2.76. The van der Waals surface area contributed by atoms with E-state index in [1.165, 1.54) is 4.70 Å². The van der Waals surface area contributed by atoms with Crippen molar-refractivity contribution in [3.63, 3.8) is 0 Å². The summed E-state index contributed by atoms with van der Waals surface area (Å²) in [5.41, 5.74) is 1.02. The summed E-state index contributed by atoms with van der Waals surface area (Å²) in [5, 5.41) is 0.940. The second-order valence-corrected chi connectivity index (χ2v) is 7.30. The lowest BCUT2D eigenvalue weighted by Crippen LogP contribution is -2.53. The smallest absolute Gasteiger partial charge is 0.208 e. The van der Waals surface area contributed by atoms with Crippen LogP contribution in [0.4, 0.5) is 10.9 Å². The zero-order valence-electron chi connectivity index (χ0n) is 14.6. The van der Waals surface area contributed by atoms with Crippen LogP contribution in [0.2, 0.25) is 0 Å². The average molecular weight is 376 g/mol. The third-order valence-corrected chi connectivity index (χ3v) is 5.69. The highest BCUT2D eigenvalue weighted by Gasteiger charge is 2.27. The van der Waals surface area contributed by atoms with Crippen molar-refractivity contribution in [3.05, 3.63) is 61.7 Å². The van der Waals surface area contributed by atoms with Crippen molar-refractivity contribution in [3.8, 4) is 0 Å². The second kappa shape index (κ2) is 6.96.